The number of fused-ring (bicyclic) bond motifs is 1. The van der Waals surface area contributed by atoms with Crippen molar-refractivity contribution >= 4 is 5.91 Å². The number of ether oxygens (including phenoxy) is 1. The van der Waals surface area contributed by atoms with Crippen LogP contribution in [0.25, 0.3) is 0 Å². The molecule has 4 heterocycles. The number of aromatic nitrogens is 1. The van der Waals surface area contributed by atoms with Crippen LogP contribution < -0.4 is 4.74 Å². The number of pyridine rings is 1. The van der Waals surface area contributed by atoms with E-state index in [1.165, 1.54) is 16.7 Å². The van der Waals surface area contributed by atoms with Gasteiger partial charge in [-0.3, -0.25) is 14.7 Å². The highest BCUT2D eigenvalue weighted by Gasteiger charge is 2.35. The second-order valence-corrected chi connectivity index (χ2v) is 7.93. The number of hydrogen-bond acceptors (Lipinski definition) is 4. The largest absolute Gasteiger partial charge is 0.493 e. The molecule has 2 aromatic rings. The minimum Gasteiger partial charge on any atom is -0.493 e. The van der Waals surface area contributed by atoms with Crippen LogP contribution in [0.2, 0.25) is 0 Å². The summed E-state index contributed by atoms with van der Waals surface area (Å²) in [7, 11) is 0. The van der Waals surface area contributed by atoms with Crippen molar-refractivity contribution in [1.29, 1.82) is 0 Å². The van der Waals surface area contributed by atoms with Gasteiger partial charge in [-0.05, 0) is 48.2 Å². The number of amides is 1. The van der Waals surface area contributed by atoms with Gasteiger partial charge in [0.1, 0.15) is 5.75 Å². The van der Waals surface area contributed by atoms with Gasteiger partial charge in [0, 0.05) is 43.9 Å². The second-order valence-electron chi connectivity index (χ2n) is 7.93. The Hall–Kier alpha value is -2.66. The maximum atomic E-state index is 13.0. The normalized spacial score (nSPS) is 20.2. The molecule has 1 unspecified atom stereocenters. The van der Waals surface area contributed by atoms with E-state index in [1.54, 1.807) is 6.20 Å². The Balaban J connectivity index is 1.29. The van der Waals surface area contributed by atoms with Gasteiger partial charge in [0.2, 0.25) is 0 Å². The number of hydrogen-bond donors (Lipinski definition) is 0. The third kappa shape index (κ3) is 3.10. The number of carbonyl (C=O) groups is 1. The van der Waals surface area contributed by atoms with Crippen LogP contribution in [-0.4, -0.2) is 46.9 Å². The highest BCUT2D eigenvalue weighted by molar-refractivity contribution is 5.97. The summed E-state index contributed by atoms with van der Waals surface area (Å²) in [4.78, 5) is 21.7. The molecule has 1 atom stereocenters. The molecule has 0 spiro atoms. The van der Waals surface area contributed by atoms with E-state index in [1.807, 2.05) is 23.1 Å². The zero-order chi connectivity index (χ0) is 19.1. The van der Waals surface area contributed by atoms with E-state index in [0.29, 0.717) is 6.54 Å². The van der Waals surface area contributed by atoms with Crippen molar-refractivity contribution in [3.8, 4) is 5.75 Å². The lowest BCUT2D eigenvalue weighted by Gasteiger charge is -2.33. The van der Waals surface area contributed by atoms with Crippen molar-refractivity contribution in [3.05, 3.63) is 70.6 Å². The van der Waals surface area contributed by atoms with Gasteiger partial charge in [0.25, 0.3) is 5.91 Å². The van der Waals surface area contributed by atoms with Crippen LogP contribution in [0.1, 0.15) is 36.2 Å². The Bertz CT molecular complexity index is 938. The molecule has 0 bridgehead atoms. The lowest BCUT2D eigenvalue weighted by molar-refractivity contribution is -0.126. The molecule has 1 amide bonds. The van der Waals surface area contributed by atoms with Crippen molar-refractivity contribution in [2.75, 3.05) is 26.2 Å². The first kappa shape index (κ1) is 17.4. The molecule has 5 heteroatoms. The first-order valence-electron chi connectivity index (χ1n) is 10.1. The van der Waals surface area contributed by atoms with E-state index >= 15 is 0 Å². The third-order valence-electron chi connectivity index (χ3n) is 6.25. The van der Waals surface area contributed by atoms with E-state index in [0.717, 1.165) is 56.1 Å². The summed E-state index contributed by atoms with van der Waals surface area (Å²) in [6.45, 7) is 6.07. The lowest BCUT2D eigenvalue weighted by Crippen LogP contribution is -2.35. The van der Waals surface area contributed by atoms with Gasteiger partial charge in [-0.1, -0.05) is 18.2 Å². The van der Waals surface area contributed by atoms with Crippen molar-refractivity contribution in [2.24, 2.45) is 0 Å². The predicted octanol–water partition coefficient (Wildman–Crippen LogP) is 3.12. The van der Waals surface area contributed by atoms with Crippen molar-refractivity contribution < 1.29 is 9.53 Å². The Labute approximate surface area is 165 Å². The molecule has 0 aliphatic carbocycles. The van der Waals surface area contributed by atoms with Crippen LogP contribution in [0.5, 0.6) is 5.75 Å². The standard InChI is InChI=1S/C23H25N3O2/c1-16(18-6-5-17-8-11-28-22(17)12-18)25-10-7-19-13-26(23(27)21(19)15-25)14-20-4-2-3-9-24-20/h2-6,9,12,16H,7-8,10-11,13-15H2,1H3. The minimum atomic E-state index is 0.176. The number of nitrogens with zero attached hydrogens (tertiary/aromatic N) is 3. The fraction of sp³-hybridized carbons (Fsp3) is 0.391. The molecule has 0 saturated carbocycles. The summed E-state index contributed by atoms with van der Waals surface area (Å²) >= 11 is 0. The molecule has 0 radical (unpaired) electrons. The predicted molar refractivity (Wildman–Crippen MR) is 107 cm³/mol. The SMILES string of the molecule is CC(c1ccc2c(c1)OCC2)N1CCC2=C(C1)C(=O)N(Cc1ccccn1)C2. The molecule has 3 aliphatic rings. The van der Waals surface area contributed by atoms with Gasteiger partial charge in [0.05, 0.1) is 18.8 Å². The molecule has 28 heavy (non-hydrogen) atoms. The number of benzene rings is 1. The zero-order valence-corrected chi connectivity index (χ0v) is 16.2. The van der Waals surface area contributed by atoms with E-state index in [9.17, 15) is 4.79 Å². The summed E-state index contributed by atoms with van der Waals surface area (Å²) in [6.07, 6.45) is 3.75. The quantitative estimate of drug-likeness (QED) is 0.824. The van der Waals surface area contributed by atoms with Gasteiger partial charge in [-0.2, -0.15) is 0 Å². The molecular weight excluding hydrogens is 350 g/mol. The Morgan fingerprint density at radius 2 is 2.11 bits per heavy atom. The van der Waals surface area contributed by atoms with Gasteiger partial charge >= 0.3 is 0 Å². The highest BCUT2D eigenvalue weighted by Crippen LogP contribution is 2.34. The first-order chi connectivity index (χ1) is 13.7. The first-order valence-corrected chi connectivity index (χ1v) is 10.1. The Kier molecular flexibility index (Phi) is 4.40. The summed E-state index contributed by atoms with van der Waals surface area (Å²) in [5, 5.41) is 0. The van der Waals surface area contributed by atoms with E-state index in [2.05, 4.69) is 35.0 Å². The molecule has 1 aromatic heterocycles. The molecule has 0 N–H and O–H groups in total. The van der Waals surface area contributed by atoms with Crippen LogP contribution in [0, 0.1) is 0 Å². The van der Waals surface area contributed by atoms with Gasteiger partial charge < -0.3 is 9.64 Å². The summed E-state index contributed by atoms with van der Waals surface area (Å²) in [6, 6.07) is 12.7. The van der Waals surface area contributed by atoms with E-state index < -0.39 is 0 Å². The zero-order valence-electron chi connectivity index (χ0n) is 16.2. The molecule has 5 rings (SSSR count). The smallest absolute Gasteiger partial charge is 0.251 e. The summed E-state index contributed by atoms with van der Waals surface area (Å²) in [5.41, 5.74) is 5.81. The lowest BCUT2D eigenvalue weighted by atomic mass is 9.98. The van der Waals surface area contributed by atoms with Crippen LogP contribution in [0.4, 0.5) is 0 Å². The van der Waals surface area contributed by atoms with Crippen LogP contribution >= 0.6 is 0 Å². The summed E-state index contributed by atoms with van der Waals surface area (Å²) < 4.78 is 5.74. The molecule has 5 nitrogen and oxygen atoms in total. The van der Waals surface area contributed by atoms with Crippen molar-refractivity contribution in [1.82, 2.24) is 14.8 Å². The maximum absolute atomic E-state index is 13.0. The number of carbonyl (C=O) groups excluding carboxylic acids is 1. The van der Waals surface area contributed by atoms with Crippen LogP contribution in [0.15, 0.2) is 53.7 Å². The molecule has 0 saturated heterocycles. The summed E-state index contributed by atoms with van der Waals surface area (Å²) in [5.74, 6) is 1.20. The Morgan fingerprint density at radius 3 is 2.96 bits per heavy atom. The second kappa shape index (κ2) is 7.06. The van der Waals surface area contributed by atoms with Crippen LogP contribution in [0.3, 0.4) is 0 Å². The van der Waals surface area contributed by atoms with Crippen molar-refractivity contribution in [3.63, 3.8) is 0 Å². The molecular formula is C23H25N3O2. The van der Waals surface area contributed by atoms with E-state index in [4.69, 9.17) is 4.74 Å². The fourth-order valence-electron chi connectivity index (χ4n) is 4.51. The monoisotopic (exact) mass is 375 g/mol. The number of rotatable bonds is 4. The molecule has 144 valence electrons. The third-order valence-corrected chi connectivity index (χ3v) is 6.25. The topological polar surface area (TPSA) is 45.7 Å². The maximum Gasteiger partial charge on any atom is 0.251 e. The average molecular weight is 375 g/mol. The van der Waals surface area contributed by atoms with Gasteiger partial charge in [-0.15, -0.1) is 0 Å². The van der Waals surface area contributed by atoms with Gasteiger partial charge in [-0.25, -0.2) is 0 Å². The van der Waals surface area contributed by atoms with Crippen molar-refractivity contribution in [2.45, 2.75) is 32.4 Å². The van der Waals surface area contributed by atoms with E-state index in [-0.39, 0.29) is 11.9 Å². The van der Waals surface area contributed by atoms with Gasteiger partial charge in [0.15, 0.2) is 0 Å². The molecule has 1 aromatic carbocycles. The highest BCUT2D eigenvalue weighted by atomic mass is 16.5. The molecule has 3 aliphatic heterocycles. The fourth-order valence-corrected chi connectivity index (χ4v) is 4.51. The minimum absolute atomic E-state index is 0.176. The average Bonchev–Trinajstić information content (AvgIpc) is 3.32. The molecule has 0 fully saturated rings. The Morgan fingerprint density at radius 1 is 1.18 bits per heavy atom. The van der Waals surface area contributed by atoms with Crippen LogP contribution in [-0.2, 0) is 17.8 Å².